The lowest BCUT2D eigenvalue weighted by Gasteiger charge is -2.32. The summed E-state index contributed by atoms with van der Waals surface area (Å²) in [5, 5.41) is 30.1. The van der Waals surface area contributed by atoms with Crippen LogP contribution in [0.25, 0.3) is 22.5 Å². The lowest BCUT2D eigenvalue weighted by atomic mass is 10.1. The predicted molar refractivity (Wildman–Crippen MR) is 451 cm³/mol. The molecule has 0 aliphatic heterocycles. The number of carboxylic acid groups (broad SMARTS) is 1. The highest BCUT2D eigenvalue weighted by Crippen LogP contribution is 2.65. The average Bonchev–Trinajstić information content (AvgIpc) is 0.752. The largest absolute Gasteiger partial charge is 0.476 e. The second kappa shape index (κ2) is 43.6. The number of nitrogens with zero attached hydrogens (tertiary/aromatic N) is 6. The van der Waals surface area contributed by atoms with E-state index in [-0.39, 0.29) is 119 Å². The predicted octanol–water partition coefficient (Wildman–Crippen LogP) is 16.0. The summed E-state index contributed by atoms with van der Waals surface area (Å²) in [7, 11) is -31.7. The van der Waals surface area contributed by atoms with Gasteiger partial charge in [-0.2, -0.15) is 0 Å². The summed E-state index contributed by atoms with van der Waals surface area (Å²) in [5.74, 6) is -1.59. The topological polar surface area (TPSA) is 549 Å². The number of benzene rings is 6. The fourth-order valence-corrected chi connectivity index (χ4v) is 27.3. The van der Waals surface area contributed by atoms with Crippen LogP contribution in [0.1, 0.15) is 135 Å². The van der Waals surface area contributed by atoms with Crippen LogP contribution in [0.5, 0.6) is 0 Å². The van der Waals surface area contributed by atoms with Crippen molar-refractivity contribution in [2.75, 3.05) is 75.6 Å². The van der Waals surface area contributed by atoms with Crippen molar-refractivity contribution in [2.24, 2.45) is 0 Å². The van der Waals surface area contributed by atoms with Crippen molar-refractivity contribution in [1.82, 2.24) is 19.9 Å². The molecule has 36 nitrogen and oxygen atoms in total. The number of aromatic nitrogens is 4. The van der Waals surface area contributed by atoms with E-state index in [2.05, 4.69) is 19.9 Å². The van der Waals surface area contributed by atoms with Crippen LogP contribution < -0.4 is 17.2 Å². The molecule has 0 atom stereocenters. The lowest BCUT2D eigenvalue weighted by Crippen LogP contribution is -2.33. The van der Waals surface area contributed by atoms with Crippen LogP contribution in [0.3, 0.4) is 0 Å². The number of sulfone groups is 4. The summed E-state index contributed by atoms with van der Waals surface area (Å²) in [6.07, 6.45) is 2.92. The molecule has 2 aromatic heterocycles. The molecule has 0 saturated heterocycles. The van der Waals surface area contributed by atoms with Crippen molar-refractivity contribution in [3.05, 3.63) is 206 Å². The molecule has 0 amide bonds. The highest BCUT2D eigenvalue weighted by Gasteiger charge is 2.56. The number of carbonyl (C=O) groups excluding carboxylic acids is 1. The summed E-state index contributed by atoms with van der Waals surface area (Å²) >= 11 is 0. The fraction of sp³-hybridized carbons (Fsp3) is 0.387. The molecule has 119 heavy (non-hydrogen) atoms. The molecule has 0 aliphatic carbocycles. The van der Waals surface area contributed by atoms with E-state index in [1.54, 1.807) is 55.4 Å². The maximum absolute atomic E-state index is 13.4. The highest BCUT2D eigenvalue weighted by molar-refractivity contribution is 8.00. The van der Waals surface area contributed by atoms with E-state index in [0.717, 1.165) is 70.8 Å². The molecular formula is C75H101N9O27P4S4. The molecule has 44 heteroatoms. The Morgan fingerprint density at radius 3 is 0.992 bits per heavy atom. The van der Waals surface area contributed by atoms with Crippen molar-refractivity contribution in [1.29, 1.82) is 0 Å². The monoisotopic (exact) mass is 1810 g/mol. The first-order valence-corrected chi connectivity index (χ1v) is 48.9. The molecule has 0 unspecified atom stereocenters. The Labute approximate surface area is 693 Å². The zero-order chi connectivity index (χ0) is 90.1. The van der Waals surface area contributed by atoms with Gasteiger partial charge in [0.1, 0.15) is 5.69 Å². The summed E-state index contributed by atoms with van der Waals surface area (Å²) in [6, 6.07) is 35.5. The Hall–Kier alpha value is -8.78. The minimum atomic E-state index is -4.12. The van der Waals surface area contributed by atoms with Crippen LogP contribution >= 0.6 is 30.4 Å². The van der Waals surface area contributed by atoms with E-state index >= 15 is 0 Å². The number of nitrogen functional groups attached to an aromatic ring is 3. The third-order valence-electron chi connectivity index (χ3n) is 17.0. The van der Waals surface area contributed by atoms with Crippen LogP contribution in [-0.2, 0) is 100 Å². The number of nitro groups is 2. The van der Waals surface area contributed by atoms with E-state index in [9.17, 15) is 81.7 Å². The van der Waals surface area contributed by atoms with Crippen molar-refractivity contribution in [3.8, 4) is 22.5 Å². The number of nitrogens with two attached hydrogens (primary N) is 3. The maximum Gasteiger partial charge on any atom is 0.358 e. The van der Waals surface area contributed by atoms with Gasteiger partial charge in [-0.1, -0.05) is 71.8 Å². The molecule has 6 aromatic carbocycles. The van der Waals surface area contributed by atoms with Gasteiger partial charge in [0.05, 0.1) is 106 Å². The number of aromatic carboxylic acids is 1. The third kappa shape index (κ3) is 25.7. The standard InChI is InChI=1S/C26H32N3O6PS.C13H20NO7PS.C13H22NO5PS.C12H11N3O2.C11H16NO7PS/c1-6-34-36(31,35-7-2)26(4,5)37(32,33)21-14-10-19(11-15-21)16-23(30)24-25(27)28-17-22(29-24)20-12-8-18(3)9-13-20;1-5-20-22(17,21-6-2)13(3,4)23(18,19)12-9-7-11(8-10-12)14(15)16;1-5-18-20(15,19-6-2)13(3,4)21(16,17)12-9-7-11(14)8-10-12;1-7-2-4-8(5-3-7)9-6-14-11(13)10(15-9)12(16)17;1-3-18-20(15,19-4-2)9-21(16,17)11-7-5-10(6-8-11)12(13)14/h8-15,17H,6-7,16H2,1-5H3,(H2,27,28);7-10H,5-6H2,1-4H3;7-10H,5-6,14H2,1-4H3;2-6H,1H3,(H2,13,14)(H,16,17);5-8H,3-4,9H2,1-2H3. The smallest absolute Gasteiger partial charge is 0.358 e. The number of carboxylic acids is 1. The van der Waals surface area contributed by atoms with Crippen LogP contribution in [0, 0.1) is 34.1 Å². The summed E-state index contributed by atoms with van der Waals surface area (Å²) in [5.41, 5.74) is 21.4. The summed E-state index contributed by atoms with van der Waals surface area (Å²) in [6.45, 7) is 25.1. The minimum absolute atomic E-state index is 0.0180. The van der Waals surface area contributed by atoms with E-state index < -0.39 is 105 Å². The van der Waals surface area contributed by atoms with E-state index in [0.29, 0.717) is 22.6 Å². The average molecular weight is 1810 g/mol. The van der Waals surface area contributed by atoms with Gasteiger partial charge in [0.2, 0.25) is 0 Å². The number of rotatable bonds is 36. The molecule has 0 radical (unpaired) electrons. The molecule has 0 saturated carbocycles. The number of hydrogen-bond acceptors (Lipinski definition) is 33. The van der Waals surface area contributed by atoms with Crippen molar-refractivity contribution in [2.45, 2.75) is 150 Å². The zero-order valence-corrected chi connectivity index (χ0v) is 75.3. The van der Waals surface area contributed by atoms with Gasteiger partial charge in [0, 0.05) is 47.5 Å². The number of nitro benzene ring substituents is 2. The molecule has 8 aromatic rings. The maximum atomic E-state index is 13.4. The van der Waals surface area contributed by atoms with E-state index in [1.807, 2.05) is 62.4 Å². The molecule has 2 heterocycles. The summed E-state index contributed by atoms with van der Waals surface area (Å²) < 4.78 is 190. The van der Waals surface area contributed by atoms with Gasteiger partial charge in [0.25, 0.3) is 11.4 Å². The molecule has 0 aliphatic rings. The zero-order valence-electron chi connectivity index (χ0n) is 68.5. The minimum Gasteiger partial charge on any atom is -0.476 e. The Morgan fingerprint density at radius 2 is 0.697 bits per heavy atom. The van der Waals surface area contributed by atoms with Gasteiger partial charge in [0.15, 0.2) is 81.4 Å². The fourth-order valence-electron chi connectivity index (χ4n) is 10.3. The first-order valence-electron chi connectivity index (χ1n) is 36.4. The second-order valence-electron chi connectivity index (χ2n) is 26.4. The van der Waals surface area contributed by atoms with Gasteiger partial charge < -0.3 is 58.5 Å². The van der Waals surface area contributed by atoms with Crippen LogP contribution in [0.4, 0.5) is 28.7 Å². The number of non-ortho nitro benzene ring substituents is 2. The molecule has 0 bridgehead atoms. The Kier molecular flexibility index (Phi) is 37.6. The molecule has 8 rings (SSSR count). The van der Waals surface area contributed by atoms with Crippen LogP contribution in [-0.4, -0.2) is 152 Å². The lowest BCUT2D eigenvalue weighted by molar-refractivity contribution is -0.385. The van der Waals surface area contributed by atoms with E-state index in [1.165, 1.54) is 102 Å². The number of anilines is 3. The molecule has 652 valence electrons. The molecule has 0 fully saturated rings. The van der Waals surface area contributed by atoms with E-state index in [4.69, 9.17) is 58.5 Å². The Morgan fingerprint density at radius 1 is 0.420 bits per heavy atom. The summed E-state index contributed by atoms with van der Waals surface area (Å²) in [4.78, 5) is 59.8. The van der Waals surface area contributed by atoms with Crippen LogP contribution in [0.2, 0.25) is 0 Å². The molecular weight excluding hydrogens is 1710 g/mol. The number of carbonyl (C=O) groups is 2. The Balaban J connectivity index is 0.000000322. The second-order valence-corrected chi connectivity index (χ2v) is 47.1. The number of hydrogen-bond donors (Lipinski definition) is 4. The van der Waals surface area contributed by atoms with Crippen LogP contribution in [0.15, 0.2) is 178 Å². The third-order valence-corrected chi connectivity index (χ3v) is 40.3. The Bertz CT molecular complexity index is 5470. The van der Waals surface area contributed by atoms with Gasteiger partial charge in [-0.05, 0) is 177 Å². The van der Waals surface area contributed by atoms with Crippen molar-refractivity contribution >= 4 is 110 Å². The van der Waals surface area contributed by atoms with Crippen molar-refractivity contribution in [3.63, 3.8) is 0 Å². The SMILES string of the molecule is CCOP(=O)(CS(=O)(=O)c1ccc([N+](=O)[O-])cc1)OCC.CCOP(=O)(OCC)C(C)(C)S(=O)(=O)c1ccc(CC(=O)c2nc(-c3ccc(C)cc3)cnc2N)cc1.CCOP(=O)(OCC)C(C)(C)S(=O)(=O)c1ccc(N)cc1.CCOP(=O)(OCC)C(C)(C)S(=O)(=O)c1ccc([N+](=O)[O-])cc1.Cc1ccc(-c2cnc(N)c(C(=O)O)n2)cc1. The van der Waals surface area contributed by atoms with Gasteiger partial charge in [-0.15, -0.1) is 0 Å². The number of Topliss-reactive ketones (excluding diaryl/α,β-unsaturated/α-hetero) is 1. The first kappa shape index (κ1) is 103. The van der Waals surface area contributed by atoms with Crippen molar-refractivity contribution < 1.29 is 113 Å². The van der Waals surface area contributed by atoms with Gasteiger partial charge in [-0.25, -0.2) is 58.4 Å². The quantitative estimate of drug-likeness (QED) is 0.00931. The van der Waals surface area contributed by atoms with Gasteiger partial charge >= 0.3 is 36.4 Å². The molecule has 0 spiro atoms. The van der Waals surface area contributed by atoms with Gasteiger partial charge in [-0.3, -0.25) is 43.3 Å². The number of aryl methyl sites for hydroxylation is 2. The number of ketones is 1. The highest BCUT2D eigenvalue weighted by atomic mass is 32.2. The normalized spacial score (nSPS) is 12.4. The molecule has 7 N–H and O–H groups in total. The first-order chi connectivity index (χ1) is 55.3.